The molecule has 3 aliphatic rings. The molecular weight excluding hydrogens is 1110 g/mol. The molecule has 5 aromatic rings. The fourth-order valence-electron chi connectivity index (χ4n) is 10.6. The number of rotatable bonds is 25. The number of likely N-dealkylation sites (N-methyl/N-ethyl adjacent to an activating group) is 1. The molecule has 2 aliphatic heterocycles. The topological polar surface area (TPSA) is 289 Å². The number of nitrogen functional groups attached to an aromatic ring is 1. The zero-order valence-electron chi connectivity index (χ0n) is 50.0. The van der Waals surface area contributed by atoms with Gasteiger partial charge in [0.25, 0.3) is 11.8 Å². The van der Waals surface area contributed by atoms with Crippen molar-refractivity contribution in [3.8, 4) is 29.0 Å². The van der Waals surface area contributed by atoms with Gasteiger partial charge in [-0.25, -0.2) is 14.4 Å². The van der Waals surface area contributed by atoms with Crippen molar-refractivity contribution < 1.29 is 56.8 Å². The Labute approximate surface area is 500 Å². The summed E-state index contributed by atoms with van der Waals surface area (Å²) in [5.74, 6) is -1.61. The maximum Gasteiger partial charge on any atom is 0.258 e. The summed E-state index contributed by atoms with van der Waals surface area (Å²) >= 11 is 0. The van der Waals surface area contributed by atoms with E-state index in [-0.39, 0.29) is 111 Å². The molecule has 0 saturated heterocycles. The molecule has 0 spiro atoms. The normalized spacial score (nSPS) is 17.2. The average molecular weight is 1190 g/mol. The number of hydrogen-bond acceptors (Lipinski definition) is 17. The van der Waals surface area contributed by atoms with Gasteiger partial charge >= 0.3 is 0 Å². The van der Waals surface area contributed by atoms with Gasteiger partial charge < -0.3 is 65.2 Å². The molecule has 460 valence electrons. The highest BCUT2D eigenvalue weighted by Crippen LogP contribution is 2.36. The van der Waals surface area contributed by atoms with Gasteiger partial charge in [-0.1, -0.05) is 51.1 Å². The quantitative estimate of drug-likeness (QED) is 0.0486. The van der Waals surface area contributed by atoms with Crippen LogP contribution >= 0.6 is 0 Å². The van der Waals surface area contributed by atoms with E-state index < -0.39 is 41.4 Å². The van der Waals surface area contributed by atoms with Gasteiger partial charge in [0.2, 0.25) is 23.6 Å². The fourth-order valence-corrected chi connectivity index (χ4v) is 10.6. The van der Waals surface area contributed by atoms with Crippen molar-refractivity contribution in [2.24, 2.45) is 5.41 Å². The minimum Gasteiger partial charge on any atom is -0.491 e. The number of benzene rings is 3. The zero-order valence-corrected chi connectivity index (χ0v) is 50.0. The highest BCUT2D eigenvalue weighted by Gasteiger charge is 2.43. The molecule has 8 rings (SSSR count). The minimum absolute atomic E-state index is 0.0325. The van der Waals surface area contributed by atoms with E-state index in [1.165, 1.54) is 39.5 Å². The lowest BCUT2D eigenvalue weighted by atomic mass is 9.83. The Hall–Kier alpha value is -8.08. The highest BCUT2D eigenvalue weighted by atomic mass is 19.1. The molecule has 4 heterocycles. The van der Waals surface area contributed by atoms with E-state index >= 15 is 0 Å². The van der Waals surface area contributed by atoms with Crippen LogP contribution in [-0.4, -0.2) is 157 Å². The van der Waals surface area contributed by atoms with Crippen LogP contribution in [0.3, 0.4) is 0 Å². The number of aryl methyl sites for hydroxylation is 1. The second kappa shape index (κ2) is 29.8. The summed E-state index contributed by atoms with van der Waals surface area (Å²) in [5.41, 5.74) is 11.1. The molecule has 0 unspecified atom stereocenters. The summed E-state index contributed by atoms with van der Waals surface area (Å²) in [4.78, 5) is 80.5. The van der Waals surface area contributed by atoms with E-state index in [0.29, 0.717) is 68.6 Å². The van der Waals surface area contributed by atoms with E-state index in [2.05, 4.69) is 54.5 Å². The van der Waals surface area contributed by atoms with Gasteiger partial charge in [-0.3, -0.25) is 28.7 Å². The summed E-state index contributed by atoms with van der Waals surface area (Å²) in [6, 6.07) is 17.5. The molecule has 23 nitrogen and oxygen atoms in total. The van der Waals surface area contributed by atoms with Crippen molar-refractivity contribution in [1.29, 1.82) is 5.26 Å². The number of nitriles is 1. The number of carbonyl (C=O) groups excluding carboxylic acids is 5. The number of amides is 5. The third-order valence-electron chi connectivity index (χ3n) is 15.4. The predicted molar refractivity (Wildman–Crippen MR) is 315 cm³/mol. The van der Waals surface area contributed by atoms with Crippen molar-refractivity contribution in [3.05, 3.63) is 117 Å². The maximum absolute atomic E-state index is 14.7. The molecule has 0 saturated carbocycles. The lowest BCUT2D eigenvalue weighted by Crippen LogP contribution is -2.62. The first-order chi connectivity index (χ1) is 41.3. The molecule has 6 N–H and O–H groups in total. The molecule has 0 radical (unpaired) electrons. The van der Waals surface area contributed by atoms with Crippen LogP contribution in [0.4, 0.5) is 10.2 Å². The molecule has 5 amide bonds. The standard InChI is InChI=1S/C62H79FN12O11/c1-38(66-6)57(77)71-55(62(3,4)5)61(80)74-36-42-31-44(17-15-41(42)32-51(74)58(78)69-48-14-10-12-40-11-8-9-13-45(40)48)85-30-29-84-28-27-83-26-25-82-24-23-81-22-19-53(76)67-20-21-75-52(34-64)54-49-35-68-56(65)59(70-49)86-39(2)47-33-43(63)16-18-46(47)60(79)73(7)37-50(54)72-75/h8-9,11,13,15-18,31,33,35,38-39,48,51,55,66H,10,12,14,19-30,32,36-37H2,1-7H3,(H2,65,68)(H,67,76)(H,69,78)(H,71,77)/t38-,39-,48+,51-,55+/m1/s1. The van der Waals surface area contributed by atoms with Crippen molar-refractivity contribution in [2.75, 3.05) is 85.8 Å². The van der Waals surface area contributed by atoms with E-state index in [0.717, 1.165) is 36.0 Å². The van der Waals surface area contributed by atoms with Crippen LogP contribution < -0.4 is 36.5 Å². The number of anilines is 1. The number of halogens is 1. The van der Waals surface area contributed by atoms with Gasteiger partial charge in [0.1, 0.15) is 48.1 Å². The fraction of sp³-hybridized carbons (Fsp3) is 0.500. The van der Waals surface area contributed by atoms with E-state index in [1.807, 2.05) is 51.1 Å². The number of ether oxygens (including phenoxy) is 6. The molecular formula is C62H79FN12O11. The lowest BCUT2D eigenvalue weighted by Gasteiger charge is -2.41. The first kappa shape index (κ1) is 63.9. The van der Waals surface area contributed by atoms with Gasteiger partial charge in [0, 0.05) is 44.1 Å². The van der Waals surface area contributed by atoms with Crippen LogP contribution in [0.1, 0.15) is 116 Å². The van der Waals surface area contributed by atoms with E-state index in [1.54, 1.807) is 32.8 Å². The summed E-state index contributed by atoms with van der Waals surface area (Å²) in [7, 11) is 3.26. The van der Waals surface area contributed by atoms with E-state index in [9.17, 15) is 33.6 Å². The van der Waals surface area contributed by atoms with Gasteiger partial charge in [0.15, 0.2) is 5.82 Å². The minimum atomic E-state index is -0.898. The Bertz CT molecular complexity index is 3260. The first-order valence-electron chi connectivity index (χ1n) is 29.2. The largest absolute Gasteiger partial charge is 0.491 e. The number of fused-ring (bicyclic) bond motifs is 7. The molecule has 5 atom stereocenters. The second-order valence-electron chi connectivity index (χ2n) is 22.6. The number of hydrogen-bond donors (Lipinski definition) is 5. The highest BCUT2D eigenvalue weighted by molar-refractivity contribution is 5.96. The number of nitrogens with two attached hydrogens (primary N) is 1. The van der Waals surface area contributed by atoms with Gasteiger partial charge in [0.05, 0.1) is 101 Å². The Kier molecular flexibility index (Phi) is 22.2. The third-order valence-corrected chi connectivity index (χ3v) is 15.4. The van der Waals surface area contributed by atoms with Crippen LogP contribution in [-0.2, 0) is 70.6 Å². The second-order valence-corrected chi connectivity index (χ2v) is 22.6. The number of aromatic nitrogens is 4. The molecule has 1 aliphatic carbocycles. The van der Waals surface area contributed by atoms with Gasteiger partial charge in [-0.05, 0) is 98.2 Å². The number of carbonyl (C=O) groups is 5. The van der Waals surface area contributed by atoms with Crippen LogP contribution in [0.2, 0.25) is 0 Å². The molecule has 2 bridgehead atoms. The monoisotopic (exact) mass is 1190 g/mol. The summed E-state index contributed by atoms with van der Waals surface area (Å²) in [6.07, 6.45) is 3.64. The van der Waals surface area contributed by atoms with Gasteiger partial charge in [-0.2, -0.15) is 10.4 Å². The van der Waals surface area contributed by atoms with Crippen LogP contribution in [0.5, 0.6) is 11.6 Å². The Morgan fingerprint density at radius 1 is 0.907 bits per heavy atom. The zero-order chi connectivity index (χ0) is 61.5. The number of nitrogens with one attached hydrogen (secondary N) is 4. The molecule has 0 fully saturated rings. The Morgan fingerprint density at radius 2 is 1.62 bits per heavy atom. The van der Waals surface area contributed by atoms with Crippen molar-refractivity contribution in [3.63, 3.8) is 0 Å². The van der Waals surface area contributed by atoms with Gasteiger partial charge in [-0.15, -0.1) is 0 Å². The van der Waals surface area contributed by atoms with Crippen LogP contribution in [0.15, 0.2) is 66.9 Å². The first-order valence-corrected chi connectivity index (χ1v) is 29.2. The van der Waals surface area contributed by atoms with Crippen LogP contribution in [0.25, 0.3) is 11.3 Å². The van der Waals surface area contributed by atoms with Crippen molar-refractivity contribution in [1.82, 2.24) is 50.8 Å². The molecule has 86 heavy (non-hydrogen) atoms. The Morgan fingerprint density at radius 3 is 2.33 bits per heavy atom. The molecule has 24 heteroatoms. The summed E-state index contributed by atoms with van der Waals surface area (Å²) < 4.78 is 50.5. The Balaban J connectivity index is 0.718. The smallest absolute Gasteiger partial charge is 0.258 e. The SMILES string of the molecule is CN[C@H](C)C(=O)N[C@@H](C(=O)N1Cc2cc(OCCOCCOCCOCCOCCC(=O)NCCn3nc4c(c3C#N)-c3cnc(N)c(n3)O[C@H](C)c3cc(F)ccc3C(=O)N(C)C4)ccc2C[C@@H]1C(=O)N[C@H]1CCCc2ccccc21)C(C)(C)C. The average Bonchev–Trinajstić information content (AvgIpc) is 2.35. The maximum atomic E-state index is 14.7. The van der Waals surface area contributed by atoms with Crippen molar-refractivity contribution in [2.45, 2.75) is 117 Å². The lowest BCUT2D eigenvalue weighted by molar-refractivity contribution is -0.147. The third kappa shape index (κ3) is 16.3. The summed E-state index contributed by atoms with van der Waals surface area (Å²) in [6.45, 7) is 12.1. The van der Waals surface area contributed by atoms with E-state index in [4.69, 9.17) is 34.2 Å². The molecule has 2 aromatic heterocycles. The van der Waals surface area contributed by atoms with Crippen LogP contribution in [0, 0.1) is 22.6 Å². The van der Waals surface area contributed by atoms with Crippen molar-refractivity contribution >= 4 is 35.4 Å². The molecule has 3 aromatic carbocycles. The number of nitrogens with zero attached hydrogens (tertiary/aromatic N) is 7. The predicted octanol–water partition coefficient (Wildman–Crippen LogP) is 4.90. The summed E-state index contributed by atoms with van der Waals surface area (Å²) in [5, 5.41) is 27.0.